The number of benzene rings is 2. The van der Waals surface area contributed by atoms with Crippen molar-refractivity contribution in [1.29, 1.82) is 0 Å². The van der Waals surface area contributed by atoms with Gasteiger partial charge in [-0.05, 0) is 47.7 Å². The number of hydrazone groups is 1. The quantitative estimate of drug-likeness (QED) is 0.321. The van der Waals surface area contributed by atoms with Crippen LogP contribution in [0.1, 0.15) is 43.2 Å². The van der Waals surface area contributed by atoms with Crippen molar-refractivity contribution in [3.63, 3.8) is 0 Å². The first-order chi connectivity index (χ1) is 15.8. The third kappa shape index (κ3) is 5.47. The normalized spacial score (nSPS) is 11.8. The van der Waals surface area contributed by atoms with Gasteiger partial charge in [0.1, 0.15) is 11.5 Å². The number of para-hydroxylation sites is 1. The van der Waals surface area contributed by atoms with Crippen LogP contribution in [0, 0.1) is 6.92 Å². The maximum Gasteiger partial charge on any atom is 0.244 e. The number of amides is 1. The van der Waals surface area contributed by atoms with Gasteiger partial charge in [-0.3, -0.25) is 4.79 Å². The predicted octanol–water partition coefficient (Wildman–Crippen LogP) is 5.43. The van der Waals surface area contributed by atoms with Crippen LogP contribution in [0.3, 0.4) is 0 Å². The summed E-state index contributed by atoms with van der Waals surface area (Å²) in [6, 6.07) is 21.7. The lowest BCUT2D eigenvalue weighted by molar-refractivity contribution is -0.120. The lowest BCUT2D eigenvalue weighted by Crippen LogP contribution is -2.20. The Hall–Kier alpha value is -3.93. The van der Waals surface area contributed by atoms with Gasteiger partial charge in [0.2, 0.25) is 5.91 Å². The Balaban J connectivity index is 1.49. The molecule has 0 atom stereocenters. The summed E-state index contributed by atoms with van der Waals surface area (Å²) in [5.74, 6) is 1.27. The highest BCUT2D eigenvalue weighted by Gasteiger charge is 2.15. The van der Waals surface area contributed by atoms with Gasteiger partial charge < -0.3 is 4.42 Å². The number of hydrogen-bond donors (Lipinski definition) is 1. The molecule has 0 aliphatic rings. The van der Waals surface area contributed by atoms with E-state index in [0.29, 0.717) is 11.5 Å². The maximum atomic E-state index is 12.4. The van der Waals surface area contributed by atoms with E-state index in [1.165, 1.54) is 5.56 Å². The average Bonchev–Trinajstić information content (AvgIpc) is 3.40. The molecule has 6 nitrogen and oxygen atoms in total. The molecule has 0 spiro atoms. The molecule has 2 heterocycles. The van der Waals surface area contributed by atoms with E-state index in [0.717, 1.165) is 22.6 Å². The molecular weight excluding hydrogens is 412 g/mol. The van der Waals surface area contributed by atoms with Crippen LogP contribution < -0.4 is 5.43 Å². The van der Waals surface area contributed by atoms with E-state index in [2.05, 4.69) is 48.5 Å². The molecule has 33 heavy (non-hydrogen) atoms. The van der Waals surface area contributed by atoms with Gasteiger partial charge >= 0.3 is 0 Å². The molecule has 1 N–H and O–H groups in total. The van der Waals surface area contributed by atoms with E-state index in [1.54, 1.807) is 10.9 Å². The Kier molecular flexibility index (Phi) is 6.27. The molecule has 4 aromatic rings. The zero-order chi connectivity index (χ0) is 23.4. The minimum Gasteiger partial charge on any atom is -0.460 e. The van der Waals surface area contributed by atoms with Crippen LogP contribution in [0.25, 0.3) is 17.1 Å². The number of nitrogens with one attached hydrogen (secondary N) is 1. The van der Waals surface area contributed by atoms with Gasteiger partial charge in [0.05, 0.1) is 18.3 Å². The fourth-order valence-corrected chi connectivity index (χ4v) is 3.47. The van der Waals surface area contributed by atoms with Crippen molar-refractivity contribution >= 4 is 12.1 Å². The number of carbonyl (C=O) groups excluding carboxylic acids is 1. The molecule has 2 aromatic heterocycles. The largest absolute Gasteiger partial charge is 0.460 e. The molecule has 0 saturated heterocycles. The smallest absolute Gasteiger partial charge is 0.244 e. The minimum atomic E-state index is -0.180. The molecule has 6 heteroatoms. The van der Waals surface area contributed by atoms with Gasteiger partial charge in [0, 0.05) is 11.8 Å². The zero-order valence-corrected chi connectivity index (χ0v) is 19.4. The Bertz CT molecular complexity index is 1260. The molecule has 0 aliphatic heterocycles. The number of aryl methyl sites for hydroxylation is 1. The summed E-state index contributed by atoms with van der Waals surface area (Å²) < 4.78 is 7.55. The van der Waals surface area contributed by atoms with Crippen molar-refractivity contribution in [3.05, 3.63) is 95.4 Å². The van der Waals surface area contributed by atoms with Gasteiger partial charge in [-0.15, -0.1) is 0 Å². The van der Waals surface area contributed by atoms with Crippen molar-refractivity contribution in [3.8, 4) is 17.1 Å². The van der Waals surface area contributed by atoms with E-state index in [9.17, 15) is 4.79 Å². The summed E-state index contributed by atoms with van der Waals surface area (Å²) in [5.41, 5.74) is 7.20. The van der Waals surface area contributed by atoms with E-state index >= 15 is 0 Å². The summed E-state index contributed by atoms with van der Waals surface area (Å²) in [6.07, 6.45) is 3.72. The molecule has 0 fully saturated rings. The van der Waals surface area contributed by atoms with Crippen LogP contribution in [0.15, 0.2) is 82.4 Å². The summed E-state index contributed by atoms with van der Waals surface area (Å²) in [5, 5.41) is 8.85. The fraction of sp³-hybridized carbons (Fsp3) is 0.222. The molecule has 0 bridgehead atoms. The average molecular weight is 441 g/mol. The number of furan rings is 1. The van der Waals surface area contributed by atoms with Gasteiger partial charge in [-0.25, -0.2) is 10.1 Å². The summed E-state index contributed by atoms with van der Waals surface area (Å²) >= 11 is 0. The lowest BCUT2D eigenvalue weighted by Gasteiger charge is -2.19. The third-order valence-electron chi connectivity index (χ3n) is 5.31. The second kappa shape index (κ2) is 9.28. The second-order valence-corrected chi connectivity index (χ2v) is 9.04. The molecule has 0 saturated carbocycles. The van der Waals surface area contributed by atoms with Gasteiger partial charge in [-0.1, -0.05) is 63.2 Å². The number of carbonyl (C=O) groups is 1. The first-order valence-corrected chi connectivity index (χ1v) is 10.9. The summed E-state index contributed by atoms with van der Waals surface area (Å²) in [4.78, 5) is 12.4. The van der Waals surface area contributed by atoms with Crippen molar-refractivity contribution in [1.82, 2.24) is 15.2 Å². The third-order valence-corrected chi connectivity index (χ3v) is 5.31. The second-order valence-electron chi connectivity index (χ2n) is 9.04. The molecule has 0 unspecified atom stereocenters. The molecule has 4 rings (SSSR count). The van der Waals surface area contributed by atoms with Crippen LogP contribution in [0.2, 0.25) is 0 Å². The molecule has 0 aliphatic carbocycles. The number of hydrogen-bond acceptors (Lipinski definition) is 4. The number of rotatable bonds is 6. The Morgan fingerprint density at radius 2 is 1.79 bits per heavy atom. The van der Waals surface area contributed by atoms with Crippen LogP contribution in [0.5, 0.6) is 0 Å². The molecular formula is C27H28N4O2. The standard InChI is InChI=1S/C27H28N4O2/c1-19-10-15-24(33-19)26-21(18-31(30-26)23-8-6-5-7-9-23)17-28-29-25(32)16-20-11-13-22(14-12-20)27(2,3)4/h5-15,17-18H,16H2,1-4H3,(H,29,32)/b28-17-. The van der Waals surface area contributed by atoms with Crippen molar-refractivity contribution in [2.45, 2.75) is 39.5 Å². The SMILES string of the molecule is Cc1ccc(-c2nn(-c3ccccc3)cc2/C=N\NC(=O)Cc2ccc(C(C)(C)C)cc2)o1. The van der Waals surface area contributed by atoms with E-state index < -0.39 is 0 Å². The Morgan fingerprint density at radius 3 is 2.42 bits per heavy atom. The van der Waals surface area contributed by atoms with Crippen LogP contribution in [-0.2, 0) is 16.6 Å². The number of nitrogens with zero attached hydrogens (tertiary/aromatic N) is 3. The molecule has 168 valence electrons. The van der Waals surface area contributed by atoms with Gasteiger partial charge in [0.25, 0.3) is 0 Å². The van der Waals surface area contributed by atoms with E-state index in [1.807, 2.05) is 67.7 Å². The topological polar surface area (TPSA) is 72.4 Å². The highest BCUT2D eigenvalue weighted by molar-refractivity contribution is 5.89. The summed E-state index contributed by atoms with van der Waals surface area (Å²) in [6.45, 7) is 8.39. The monoisotopic (exact) mass is 440 g/mol. The first-order valence-electron chi connectivity index (χ1n) is 10.9. The molecule has 0 radical (unpaired) electrons. The van der Waals surface area contributed by atoms with Crippen LogP contribution in [-0.4, -0.2) is 21.9 Å². The van der Waals surface area contributed by atoms with Crippen molar-refractivity contribution in [2.24, 2.45) is 5.10 Å². The minimum absolute atomic E-state index is 0.0829. The fourth-order valence-electron chi connectivity index (χ4n) is 3.47. The molecule has 2 aromatic carbocycles. The highest BCUT2D eigenvalue weighted by Crippen LogP contribution is 2.25. The molecule has 1 amide bonds. The summed E-state index contributed by atoms with van der Waals surface area (Å²) in [7, 11) is 0. The van der Waals surface area contributed by atoms with E-state index in [4.69, 9.17) is 4.42 Å². The van der Waals surface area contributed by atoms with Gasteiger partial charge in [-0.2, -0.15) is 10.2 Å². The van der Waals surface area contributed by atoms with Crippen LogP contribution >= 0.6 is 0 Å². The maximum absolute atomic E-state index is 12.4. The lowest BCUT2D eigenvalue weighted by atomic mass is 9.86. The van der Waals surface area contributed by atoms with Crippen LogP contribution in [0.4, 0.5) is 0 Å². The van der Waals surface area contributed by atoms with Gasteiger partial charge in [0.15, 0.2) is 5.76 Å². The first kappa shape index (κ1) is 22.3. The van der Waals surface area contributed by atoms with Crippen molar-refractivity contribution in [2.75, 3.05) is 0 Å². The highest BCUT2D eigenvalue weighted by atomic mass is 16.3. The van der Waals surface area contributed by atoms with E-state index in [-0.39, 0.29) is 17.7 Å². The zero-order valence-electron chi connectivity index (χ0n) is 19.4. The predicted molar refractivity (Wildman–Crippen MR) is 131 cm³/mol. The Labute approximate surface area is 194 Å². The Morgan fingerprint density at radius 1 is 1.06 bits per heavy atom. The number of aromatic nitrogens is 2. The van der Waals surface area contributed by atoms with Crippen molar-refractivity contribution < 1.29 is 9.21 Å².